The van der Waals surface area contributed by atoms with Crippen LogP contribution in [-0.4, -0.2) is 42.0 Å². The zero-order chi connectivity index (χ0) is 18.9. The number of nitrogens with zero attached hydrogens (tertiary/aromatic N) is 2. The Morgan fingerprint density at radius 2 is 1.70 bits per heavy atom. The first-order valence-electron chi connectivity index (χ1n) is 9.54. The molecule has 0 unspecified atom stereocenters. The van der Waals surface area contributed by atoms with Crippen LogP contribution in [0.3, 0.4) is 0 Å². The predicted molar refractivity (Wildman–Crippen MR) is 104 cm³/mol. The topological polar surface area (TPSA) is 40.6 Å². The molecule has 0 N–H and O–H groups in total. The average Bonchev–Trinajstić information content (AvgIpc) is 3.39. The molecule has 4 nitrogen and oxygen atoms in total. The summed E-state index contributed by atoms with van der Waals surface area (Å²) < 4.78 is 42.2. The van der Waals surface area contributed by atoms with Crippen molar-refractivity contribution in [1.29, 1.82) is 0 Å². The lowest BCUT2D eigenvalue weighted by Gasteiger charge is -2.26. The molecule has 1 atom stereocenters. The molecular formula is C21H25FN2O2S. The average molecular weight is 389 g/mol. The van der Waals surface area contributed by atoms with Gasteiger partial charge in [0.15, 0.2) is 0 Å². The Bertz CT molecular complexity index is 884. The van der Waals surface area contributed by atoms with Crippen molar-refractivity contribution in [3.05, 3.63) is 71.5 Å². The molecule has 4 rings (SSSR count). The first-order chi connectivity index (χ1) is 13.0. The lowest BCUT2D eigenvalue weighted by molar-refractivity contribution is 0.328. The van der Waals surface area contributed by atoms with E-state index in [0.717, 1.165) is 25.9 Å². The van der Waals surface area contributed by atoms with Gasteiger partial charge in [0.1, 0.15) is 5.82 Å². The third-order valence-electron chi connectivity index (χ3n) is 5.46. The Morgan fingerprint density at radius 1 is 1.00 bits per heavy atom. The van der Waals surface area contributed by atoms with Gasteiger partial charge in [-0.2, -0.15) is 4.31 Å². The van der Waals surface area contributed by atoms with Crippen molar-refractivity contribution >= 4 is 10.0 Å². The van der Waals surface area contributed by atoms with Crippen LogP contribution in [0.1, 0.15) is 30.4 Å². The molecule has 27 heavy (non-hydrogen) atoms. The van der Waals surface area contributed by atoms with Gasteiger partial charge in [-0.25, -0.2) is 12.8 Å². The van der Waals surface area contributed by atoms with Crippen molar-refractivity contribution in [2.24, 2.45) is 0 Å². The monoisotopic (exact) mass is 388 g/mol. The van der Waals surface area contributed by atoms with E-state index in [9.17, 15) is 12.8 Å². The van der Waals surface area contributed by atoms with Crippen LogP contribution in [0.25, 0.3) is 0 Å². The fourth-order valence-electron chi connectivity index (χ4n) is 3.80. The van der Waals surface area contributed by atoms with Gasteiger partial charge >= 0.3 is 0 Å². The minimum atomic E-state index is -3.45. The highest BCUT2D eigenvalue weighted by molar-refractivity contribution is 7.89. The standard InChI is InChI=1S/C21H25FN2O2S/c22-21-9-5-4-8-18(21)15-24(19-10-11-19)27(25,26)20-12-13-23(16-20)14-17-6-2-1-3-7-17/h1-9,19-20H,10-16H2/t20-/m0/s1. The first-order valence-corrected chi connectivity index (χ1v) is 11.0. The fourth-order valence-corrected chi connectivity index (χ4v) is 5.93. The number of benzene rings is 2. The maximum absolute atomic E-state index is 14.1. The molecule has 0 spiro atoms. The lowest BCUT2D eigenvalue weighted by atomic mass is 10.2. The summed E-state index contributed by atoms with van der Waals surface area (Å²) >= 11 is 0. The van der Waals surface area contributed by atoms with Crippen molar-refractivity contribution in [1.82, 2.24) is 9.21 Å². The maximum atomic E-state index is 14.1. The Labute approximate surface area is 160 Å². The van der Waals surface area contributed by atoms with Crippen molar-refractivity contribution in [3.63, 3.8) is 0 Å². The fraction of sp³-hybridized carbons (Fsp3) is 0.429. The maximum Gasteiger partial charge on any atom is 0.218 e. The Morgan fingerprint density at radius 3 is 2.41 bits per heavy atom. The quantitative estimate of drug-likeness (QED) is 0.730. The molecule has 2 aromatic carbocycles. The summed E-state index contributed by atoms with van der Waals surface area (Å²) in [7, 11) is -3.45. The van der Waals surface area contributed by atoms with Crippen LogP contribution in [0, 0.1) is 5.82 Å². The zero-order valence-corrected chi connectivity index (χ0v) is 16.1. The Hall–Kier alpha value is -1.76. The number of rotatable bonds is 7. The summed E-state index contributed by atoms with van der Waals surface area (Å²) in [6, 6.07) is 16.6. The van der Waals surface area contributed by atoms with Gasteiger partial charge in [-0.15, -0.1) is 0 Å². The van der Waals surface area contributed by atoms with Gasteiger partial charge in [0.2, 0.25) is 10.0 Å². The molecule has 6 heteroatoms. The molecule has 1 aliphatic carbocycles. The molecule has 0 aromatic heterocycles. The van der Waals surface area contributed by atoms with Gasteiger partial charge in [-0.1, -0.05) is 48.5 Å². The summed E-state index contributed by atoms with van der Waals surface area (Å²) in [6.07, 6.45) is 2.37. The molecule has 0 radical (unpaired) electrons. The molecule has 144 valence electrons. The van der Waals surface area contributed by atoms with Crippen LogP contribution in [0.5, 0.6) is 0 Å². The largest absolute Gasteiger partial charge is 0.298 e. The van der Waals surface area contributed by atoms with E-state index < -0.39 is 15.3 Å². The number of hydrogen-bond acceptors (Lipinski definition) is 3. The van der Waals surface area contributed by atoms with Crippen molar-refractivity contribution in [2.45, 2.75) is 43.6 Å². The molecule has 1 heterocycles. The minimum absolute atomic E-state index is 0.0257. The molecule has 2 fully saturated rings. The Kier molecular flexibility index (Phi) is 5.30. The van der Waals surface area contributed by atoms with E-state index in [4.69, 9.17) is 0 Å². The smallest absolute Gasteiger partial charge is 0.218 e. The highest BCUT2D eigenvalue weighted by atomic mass is 32.2. The molecule has 1 aliphatic heterocycles. The third kappa shape index (κ3) is 4.23. The van der Waals surface area contributed by atoms with E-state index in [1.807, 2.05) is 18.2 Å². The van der Waals surface area contributed by atoms with Crippen molar-refractivity contribution in [3.8, 4) is 0 Å². The van der Waals surface area contributed by atoms with Gasteiger partial charge < -0.3 is 0 Å². The molecule has 0 bridgehead atoms. The van der Waals surface area contributed by atoms with Crippen LogP contribution in [-0.2, 0) is 23.1 Å². The highest BCUT2D eigenvalue weighted by Gasteiger charge is 2.43. The summed E-state index contributed by atoms with van der Waals surface area (Å²) in [5.41, 5.74) is 1.65. The van der Waals surface area contributed by atoms with Gasteiger partial charge in [0.25, 0.3) is 0 Å². The number of likely N-dealkylation sites (tertiary alicyclic amines) is 1. The number of sulfonamides is 1. The molecule has 2 aliphatic rings. The van der Waals surface area contributed by atoms with E-state index in [1.165, 1.54) is 11.6 Å². The normalized spacial score (nSPS) is 21.0. The van der Waals surface area contributed by atoms with Crippen molar-refractivity contribution < 1.29 is 12.8 Å². The van der Waals surface area contributed by atoms with E-state index in [2.05, 4.69) is 17.0 Å². The van der Waals surface area contributed by atoms with Gasteiger partial charge in [-0.05, 0) is 37.4 Å². The second-order valence-corrected chi connectivity index (χ2v) is 9.71. The summed E-state index contributed by atoms with van der Waals surface area (Å²) in [5.74, 6) is -0.338. The molecule has 2 aromatic rings. The van der Waals surface area contributed by atoms with Crippen LogP contribution in [0.4, 0.5) is 4.39 Å². The highest BCUT2D eigenvalue weighted by Crippen LogP contribution is 2.34. The SMILES string of the molecule is O=S(=O)([C@H]1CCN(Cc2ccccc2)C1)N(Cc1ccccc1F)C1CC1. The summed E-state index contributed by atoms with van der Waals surface area (Å²) in [4.78, 5) is 2.20. The van der Waals surface area contributed by atoms with E-state index >= 15 is 0 Å². The van der Waals surface area contributed by atoms with Crippen molar-refractivity contribution in [2.75, 3.05) is 13.1 Å². The van der Waals surface area contributed by atoms with Gasteiger partial charge in [0.05, 0.1) is 5.25 Å². The Balaban J connectivity index is 1.47. The van der Waals surface area contributed by atoms with E-state index in [0.29, 0.717) is 18.5 Å². The second kappa shape index (κ2) is 7.70. The predicted octanol–water partition coefficient (Wildman–Crippen LogP) is 3.39. The first kappa shape index (κ1) is 18.6. The zero-order valence-electron chi connectivity index (χ0n) is 15.3. The number of hydrogen-bond donors (Lipinski definition) is 0. The summed E-state index contributed by atoms with van der Waals surface area (Å²) in [5, 5.41) is -0.409. The molecule has 0 amide bonds. The third-order valence-corrected chi connectivity index (χ3v) is 7.77. The second-order valence-electron chi connectivity index (χ2n) is 7.54. The molecular weight excluding hydrogens is 363 g/mol. The minimum Gasteiger partial charge on any atom is -0.298 e. The molecule has 1 saturated carbocycles. The molecule has 1 saturated heterocycles. The van der Waals surface area contributed by atoms with Crippen LogP contribution in [0.15, 0.2) is 54.6 Å². The van der Waals surface area contributed by atoms with E-state index in [1.54, 1.807) is 22.5 Å². The van der Waals surface area contributed by atoms with Gasteiger partial charge in [-0.3, -0.25) is 4.90 Å². The van der Waals surface area contributed by atoms with Gasteiger partial charge in [0, 0.05) is 31.2 Å². The summed E-state index contributed by atoms with van der Waals surface area (Å²) in [6.45, 7) is 2.22. The van der Waals surface area contributed by atoms with Crippen LogP contribution in [0.2, 0.25) is 0 Å². The van der Waals surface area contributed by atoms with Crippen LogP contribution >= 0.6 is 0 Å². The number of halogens is 1. The lowest BCUT2D eigenvalue weighted by Crippen LogP contribution is -2.41. The van der Waals surface area contributed by atoms with E-state index in [-0.39, 0.29) is 18.4 Å². The van der Waals surface area contributed by atoms with Crippen LogP contribution < -0.4 is 0 Å².